The maximum atomic E-state index is 11.6. The Bertz CT molecular complexity index is 589. The van der Waals surface area contributed by atoms with E-state index in [2.05, 4.69) is 35.6 Å². The molecule has 5 heteroatoms. The zero-order valence-corrected chi connectivity index (χ0v) is 12.3. The Hall–Kier alpha value is -1.88. The van der Waals surface area contributed by atoms with E-state index in [0.717, 1.165) is 16.6 Å². The van der Waals surface area contributed by atoms with Gasteiger partial charge < -0.3 is 10.6 Å². The predicted molar refractivity (Wildman–Crippen MR) is 80.3 cm³/mol. The third-order valence-corrected chi connectivity index (χ3v) is 3.12. The van der Waals surface area contributed by atoms with Crippen molar-refractivity contribution in [3.63, 3.8) is 0 Å². The SMILES string of the molecule is CC(C)CNC(=O)CNCc1nn(C)c2ccccc12. The summed E-state index contributed by atoms with van der Waals surface area (Å²) in [5.74, 6) is 0.498. The lowest BCUT2D eigenvalue weighted by molar-refractivity contribution is -0.120. The normalized spacial score (nSPS) is 11.2. The molecule has 0 aliphatic carbocycles. The number of carbonyl (C=O) groups is 1. The molecule has 0 saturated heterocycles. The van der Waals surface area contributed by atoms with Gasteiger partial charge in [0.25, 0.3) is 0 Å². The number of amides is 1. The number of nitrogens with zero attached hydrogens (tertiary/aromatic N) is 2. The Labute approximate surface area is 119 Å². The van der Waals surface area contributed by atoms with E-state index in [4.69, 9.17) is 0 Å². The van der Waals surface area contributed by atoms with Crippen LogP contribution in [-0.2, 0) is 18.4 Å². The van der Waals surface area contributed by atoms with Crippen molar-refractivity contribution in [3.05, 3.63) is 30.0 Å². The zero-order chi connectivity index (χ0) is 14.5. The second kappa shape index (κ2) is 6.52. The number of para-hydroxylation sites is 1. The highest BCUT2D eigenvalue weighted by molar-refractivity contribution is 5.82. The first-order chi connectivity index (χ1) is 9.58. The maximum absolute atomic E-state index is 11.6. The second-order valence-electron chi connectivity index (χ2n) is 5.39. The molecule has 0 aliphatic rings. The molecule has 1 amide bonds. The molecule has 2 rings (SSSR count). The van der Waals surface area contributed by atoms with Gasteiger partial charge >= 0.3 is 0 Å². The zero-order valence-electron chi connectivity index (χ0n) is 12.3. The first kappa shape index (κ1) is 14.5. The summed E-state index contributed by atoms with van der Waals surface area (Å²) in [6.07, 6.45) is 0. The summed E-state index contributed by atoms with van der Waals surface area (Å²) in [6.45, 7) is 5.78. The lowest BCUT2D eigenvalue weighted by Crippen LogP contribution is -2.35. The minimum Gasteiger partial charge on any atom is -0.355 e. The molecule has 5 nitrogen and oxygen atoms in total. The lowest BCUT2D eigenvalue weighted by atomic mass is 10.2. The summed E-state index contributed by atoms with van der Waals surface area (Å²) in [7, 11) is 1.93. The standard InChI is InChI=1S/C15H22N4O/c1-11(2)8-17-15(20)10-16-9-13-12-6-4-5-7-14(12)19(3)18-13/h4-7,11,16H,8-10H2,1-3H3,(H,17,20). The highest BCUT2D eigenvalue weighted by atomic mass is 16.1. The maximum Gasteiger partial charge on any atom is 0.233 e. The van der Waals surface area contributed by atoms with Gasteiger partial charge in [0.2, 0.25) is 5.91 Å². The summed E-state index contributed by atoms with van der Waals surface area (Å²) in [4.78, 5) is 11.6. The molecule has 2 aromatic rings. The largest absolute Gasteiger partial charge is 0.355 e. The van der Waals surface area contributed by atoms with E-state index in [9.17, 15) is 4.79 Å². The molecule has 0 spiro atoms. The molecule has 0 radical (unpaired) electrons. The van der Waals surface area contributed by atoms with Crippen LogP contribution in [0.3, 0.4) is 0 Å². The van der Waals surface area contributed by atoms with Gasteiger partial charge in [-0.15, -0.1) is 0 Å². The van der Waals surface area contributed by atoms with Crippen molar-refractivity contribution < 1.29 is 4.79 Å². The van der Waals surface area contributed by atoms with E-state index in [-0.39, 0.29) is 5.91 Å². The number of hydrogen-bond acceptors (Lipinski definition) is 3. The summed E-state index contributed by atoms with van der Waals surface area (Å²) < 4.78 is 1.87. The van der Waals surface area contributed by atoms with E-state index >= 15 is 0 Å². The third kappa shape index (κ3) is 3.57. The Morgan fingerprint density at radius 2 is 2.10 bits per heavy atom. The van der Waals surface area contributed by atoms with Crippen LogP contribution >= 0.6 is 0 Å². The molecule has 0 fully saturated rings. The van der Waals surface area contributed by atoms with Crippen LogP contribution in [0.5, 0.6) is 0 Å². The van der Waals surface area contributed by atoms with Crippen molar-refractivity contribution >= 4 is 16.8 Å². The second-order valence-corrected chi connectivity index (χ2v) is 5.39. The Morgan fingerprint density at radius 1 is 1.35 bits per heavy atom. The number of rotatable bonds is 6. The molecule has 1 aromatic heterocycles. The molecule has 0 atom stereocenters. The monoisotopic (exact) mass is 274 g/mol. The van der Waals surface area contributed by atoms with Crippen LogP contribution in [0.25, 0.3) is 10.9 Å². The summed E-state index contributed by atoms with van der Waals surface area (Å²) in [6, 6.07) is 8.10. The van der Waals surface area contributed by atoms with E-state index in [1.54, 1.807) is 0 Å². The van der Waals surface area contributed by atoms with Gasteiger partial charge in [-0.2, -0.15) is 5.10 Å². The Kier molecular flexibility index (Phi) is 4.74. The number of carbonyl (C=O) groups excluding carboxylic acids is 1. The number of hydrogen-bond donors (Lipinski definition) is 2. The first-order valence-corrected chi connectivity index (χ1v) is 6.96. The van der Waals surface area contributed by atoms with Crippen LogP contribution in [0.15, 0.2) is 24.3 Å². The van der Waals surface area contributed by atoms with Crippen molar-refractivity contribution in [2.24, 2.45) is 13.0 Å². The van der Waals surface area contributed by atoms with Crippen molar-refractivity contribution in [1.82, 2.24) is 20.4 Å². The number of fused-ring (bicyclic) bond motifs is 1. The molecule has 0 saturated carbocycles. The average molecular weight is 274 g/mol. The molecule has 0 aliphatic heterocycles. The molecule has 1 heterocycles. The van der Waals surface area contributed by atoms with Crippen molar-refractivity contribution in [1.29, 1.82) is 0 Å². The number of benzene rings is 1. The van der Waals surface area contributed by atoms with Crippen LogP contribution < -0.4 is 10.6 Å². The van der Waals surface area contributed by atoms with Crippen molar-refractivity contribution in [2.45, 2.75) is 20.4 Å². The molecular formula is C15H22N4O. The van der Waals surface area contributed by atoms with Crippen LogP contribution in [0.4, 0.5) is 0 Å². The number of aryl methyl sites for hydroxylation is 1. The van der Waals surface area contributed by atoms with E-state index in [1.165, 1.54) is 0 Å². The minimum atomic E-state index is 0.0268. The van der Waals surface area contributed by atoms with Gasteiger partial charge in [-0.05, 0) is 12.0 Å². The summed E-state index contributed by atoms with van der Waals surface area (Å²) in [5, 5.41) is 11.6. The fourth-order valence-electron chi connectivity index (χ4n) is 2.09. The van der Waals surface area contributed by atoms with Crippen LogP contribution in [-0.4, -0.2) is 28.8 Å². The van der Waals surface area contributed by atoms with Crippen LogP contribution in [0.2, 0.25) is 0 Å². The third-order valence-electron chi connectivity index (χ3n) is 3.12. The van der Waals surface area contributed by atoms with Gasteiger partial charge in [-0.1, -0.05) is 32.0 Å². The highest BCUT2D eigenvalue weighted by Crippen LogP contribution is 2.16. The first-order valence-electron chi connectivity index (χ1n) is 6.96. The predicted octanol–water partition coefficient (Wildman–Crippen LogP) is 1.44. The number of aromatic nitrogens is 2. The van der Waals surface area contributed by atoms with E-state index < -0.39 is 0 Å². The van der Waals surface area contributed by atoms with Gasteiger partial charge in [0.1, 0.15) is 0 Å². The summed E-state index contributed by atoms with van der Waals surface area (Å²) >= 11 is 0. The van der Waals surface area contributed by atoms with Gasteiger partial charge in [0, 0.05) is 25.5 Å². The summed E-state index contributed by atoms with van der Waals surface area (Å²) in [5.41, 5.74) is 2.08. The van der Waals surface area contributed by atoms with Gasteiger partial charge in [0.15, 0.2) is 0 Å². The lowest BCUT2D eigenvalue weighted by Gasteiger charge is -2.07. The van der Waals surface area contributed by atoms with Gasteiger partial charge in [0.05, 0.1) is 17.8 Å². The smallest absolute Gasteiger partial charge is 0.233 e. The molecular weight excluding hydrogens is 252 g/mol. The van der Waals surface area contributed by atoms with Crippen molar-refractivity contribution in [3.8, 4) is 0 Å². The van der Waals surface area contributed by atoms with Crippen LogP contribution in [0, 0.1) is 5.92 Å². The molecule has 108 valence electrons. The van der Waals surface area contributed by atoms with E-state index in [0.29, 0.717) is 25.6 Å². The average Bonchev–Trinajstić information content (AvgIpc) is 2.74. The number of nitrogens with one attached hydrogen (secondary N) is 2. The van der Waals surface area contributed by atoms with E-state index in [1.807, 2.05) is 29.9 Å². The minimum absolute atomic E-state index is 0.0268. The molecule has 0 bridgehead atoms. The van der Waals surface area contributed by atoms with Gasteiger partial charge in [-0.25, -0.2) is 0 Å². The molecule has 20 heavy (non-hydrogen) atoms. The molecule has 1 aromatic carbocycles. The highest BCUT2D eigenvalue weighted by Gasteiger charge is 2.08. The van der Waals surface area contributed by atoms with Gasteiger partial charge in [-0.3, -0.25) is 9.48 Å². The Morgan fingerprint density at radius 3 is 2.85 bits per heavy atom. The van der Waals surface area contributed by atoms with Crippen LogP contribution in [0.1, 0.15) is 19.5 Å². The quantitative estimate of drug-likeness (QED) is 0.838. The molecule has 2 N–H and O–H groups in total. The fraction of sp³-hybridized carbons (Fsp3) is 0.467. The molecule has 0 unspecified atom stereocenters. The van der Waals surface area contributed by atoms with Crippen molar-refractivity contribution in [2.75, 3.05) is 13.1 Å². The fourth-order valence-corrected chi connectivity index (χ4v) is 2.09. The Balaban J connectivity index is 1.89. The topological polar surface area (TPSA) is 59.0 Å².